The minimum Gasteiger partial charge on any atom is -0.493 e. The molecule has 0 heterocycles. The standard InChI is InChI=1S/C10H11ClO4/c1-14-8-3-2-7(10(12)13)6-9(8)15-5-4-11/h2-3,6H,4-5H2,1H3,(H,12,13). The van der Waals surface area contributed by atoms with Crippen molar-refractivity contribution in [2.75, 3.05) is 19.6 Å². The second-order valence-electron chi connectivity index (χ2n) is 2.71. The Balaban J connectivity index is 2.96. The van der Waals surface area contributed by atoms with Gasteiger partial charge in [-0.05, 0) is 18.2 Å². The van der Waals surface area contributed by atoms with Crippen molar-refractivity contribution in [1.29, 1.82) is 0 Å². The van der Waals surface area contributed by atoms with E-state index in [2.05, 4.69) is 0 Å². The molecule has 0 saturated heterocycles. The number of benzene rings is 1. The molecule has 1 aromatic carbocycles. The van der Waals surface area contributed by atoms with E-state index in [0.717, 1.165) is 0 Å². The molecule has 15 heavy (non-hydrogen) atoms. The molecular formula is C10H11ClO4. The zero-order valence-corrected chi connectivity index (χ0v) is 8.95. The minimum atomic E-state index is -1.01. The van der Waals surface area contributed by atoms with Crippen molar-refractivity contribution in [2.24, 2.45) is 0 Å². The van der Waals surface area contributed by atoms with Gasteiger partial charge in [0.1, 0.15) is 6.61 Å². The third kappa shape index (κ3) is 3.02. The lowest BCUT2D eigenvalue weighted by molar-refractivity contribution is 0.0696. The number of hydrogen-bond acceptors (Lipinski definition) is 3. The summed E-state index contributed by atoms with van der Waals surface area (Å²) in [4.78, 5) is 10.7. The highest BCUT2D eigenvalue weighted by Gasteiger charge is 2.09. The number of hydrogen-bond donors (Lipinski definition) is 1. The largest absolute Gasteiger partial charge is 0.493 e. The Hall–Kier alpha value is -1.42. The van der Waals surface area contributed by atoms with Crippen molar-refractivity contribution >= 4 is 17.6 Å². The highest BCUT2D eigenvalue weighted by Crippen LogP contribution is 2.27. The normalized spacial score (nSPS) is 9.73. The van der Waals surface area contributed by atoms with Crippen LogP contribution >= 0.6 is 11.6 Å². The molecule has 0 aliphatic rings. The van der Waals surface area contributed by atoms with Gasteiger partial charge < -0.3 is 14.6 Å². The maximum atomic E-state index is 10.7. The van der Waals surface area contributed by atoms with Crippen LogP contribution in [0.5, 0.6) is 11.5 Å². The second kappa shape index (κ2) is 5.46. The van der Waals surface area contributed by atoms with E-state index in [1.165, 1.54) is 19.2 Å². The third-order valence-corrected chi connectivity index (χ3v) is 1.90. The van der Waals surface area contributed by atoms with Gasteiger partial charge in [0.15, 0.2) is 11.5 Å². The summed E-state index contributed by atoms with van der Waals surface area (Å²) in [5.41, 5.74) is 0.153. The molecule has 0 amide bonds. The fourth-order valence-electron chi connectivity index (χ4n) is 1.07. The molecule has 0 aliphatic heterocycles. The Labute approximate surface area is 92.4 Å². The maximum Gasteiger partial charge on any atom is 0.335 e. The van der Waals surface area contributed by atoms with Gasteiger partial charge in [-0.1, -0.05) is 0 Å². The van der Waals surface area contributed by atoms with Crippen molar-refractivity contribution in [2.45, 2.75) is 0 Å². The molecule has 0 aromatic heterocycles. The molecule has 0 bridgehead atoms. The van der Waals surface area contributed by atoms with Crippen LogP contribution in [0.2, 0.25) is 0 Å². The molecule has 1 N–H and O–H groups in total. The molecule has 1 aromatic rings. The molecular weight excluding hydrogens is 220 g/mol. The molecule has 0 fully saturated rings. The Kier molecular flexibility index (Phi) is 4.24. The summed E-state index contributed by atoms with van der Waals surface area (Å²) < 4.78 is 10.3. The summed E-state index contributed by atoms with van der Waals surface area (Å²) in [5.74, 6) is 0.206. The first-order chi connectivity index (χ1) is 7.19. The molecule has 1 rings (SSSR count). The van der Waals surface area contributed by atoms with Gasteiger partial charge in [-0.15, -0.1) is 11.6 Å². The zero-order chi connectivity index (χ0) is 11.3. The first-order valence-corrected chi connectivity index (χ1v) is 4.82. The fraction of sp³-hybridized carbons (Fsp3) is 0.300. The monoisotopic (exact) mass is 230 g/mol. The third-order valence-electron chi connectivity index (χ3n) is 1.75. The summed E-state index contributed by atoms with van der Waals surface area (Å²) in [5, 5.41) is 8.78. The minimum absolute atomic E-state index is 0.153. The highest BCUT2D eigenvalue weighted by molar-refractivity contribution is 6.18. The van der Waals surface area contributed by atoms with E-state index in [4.69, 9.17) is 26.2 Å². The Morgan fingerprint density at radius 1 is 1.47 bits per heavy atom. The fourth-order valence-corrected chi connectivity index (χ4v) is 1.15. The lowest BCUT2D eigenvalue weighted by Gasteiger charge is -2.09. The van der Waals surface area contributed by atoms with E-state index in [-0.39, 0.29) is 5.56 Å². The van der Waals surface area contributed by atoms with E-state index in [1.807, 2.05) is 0 Å². The van der Waals surface area contributed by atoms with Crippen LogP contribution < -0.4 is 9.47 Å². The number of ether oxygens (including phenoxy) is 2. The smallest absolute Gasteiger partial charge is 0.335 e. The number of alkyl halides is 1. The molecule has 0 atom stereocenters. The van der Waals surface area contributed by atoms with E-state index in [0.29, 0.717) is 24.0 Å². The summed E-state index contributed by atoms with van der Waals surface area (Å²) >= 11 is 5.47. The van der Waals surface area contributed by atoms with Gasteiger partial charge >= 0.3 is 5.97 Å². The van der Waals surface area contributed by atoms with E-state index < -0.39 is 5.97 Å². The zero-order valence-electron chi connectivity index (χ0n) is 8.20. The Bertz CT molecular complexity index is 351. The number of rotatable bonds is 5. The van der Waals surface area contributed by atoms with Crippen LogP contribution in [0.15, 0.2) is 18.2 Å². The topological polar surface area (TPSA) is 55.8 Å². The summed E-state index contributed by atoms with van der Waals surface area (Å²) in [7, 11) is 1.49. The van der Waals surface area contributed by atoms with Crippen molar-refractivity contribution in [3.63, 3.8) is 0 Å². The van der Waals surface area contributed by atoms with Crippen LogP contribution in [0.25, 0.3) is 0 Å². The SMILES string of the molecule is COc1ccc(C(=O)O)cc1OCCCl. The molecule has 0 radical (unpaired) electrons. The number of aromatic carboxylic acids is 1. The number of carboxylic acids is 1. The van der Waals surface area contributed by atoms with Gasteiger partial charge in [-0.25, -0.2) is 4.79 Å². The van der Waals surface area contributed by atoms with Crippen molar-refractivity contribution in [3.05, 3.63) is 23.8 Å². The van der Waals surface area contributed by atoms with E-state index in [1.54, 1.807) is 6.07 Å². The van der Waals surface area contributed by atoms with Gasteiger partial charge in [-0.3, -0.25) is 0 Å². The first-order valence-electron chi connectivity index (χ1n) is 4.29. The predicted octanol–water partition coefficient (Wildman–Crippen LogP) is 2.01. The van der Waals surface area contributed by atoms with Crippen LogP contribution in [-0.4, -0.2) is 30.7 Å². The lowest BCUT2D eigenvalue weighted by atomic mass is 10.2. The molecule has 0 saturated carbocycles. The van der Waals surface area contributed by atoms with Gasteiger partial charge in [0.05, 0.1) is 18.6 Å². The van der Waals surface area contributed by atoms with Crippen LogP contribution in [0.4, 0.5) is 0 Å². The quantitative estimate of drug-likeness (QED) is 0.787. The lowest BCUT2D eigenvalue weighted by Crippen LogP contribution is -2.02. The summed E-state index contributed by atoms with van der Waals surface area (Å²) in [6.07, 6.45) is 0. The van der Waals surface area contributed by atoms with Crippen LogP contribution in [0.3, 0.4) is 0 Å². The molecule has 4 nitrogen and oxygen atoms in total. The number of carboxylic acid groups (broad SMARTS) is 1. The van der Waals surface area contributed by atoms with Crippen molar-refractivity contribution in [1.82, 2.24) is 0 Å². The van der Waals surface area contributed by atoms with Crippen molar-refractivity contribution < 1.29 is 19.4 Å². The molecule has 5 heteroatoms. The average Bonchev–Trinajstić information content (AvgIpc) is 2.25. The Morgan fingerprint density at radius 2 is 2.20 bits per heavy atom. The van der Waals surface area contributed by atoms with Gasteiger partial charge in [-0.2, -0.15) is 0 Å². The molecule has 0 unspecified atom stereocenters. The first kappa shape index (κ1) is 11.7. The van der Waals surface area contributed by atoms with Gasteiger partial charge in [0, 0.05) is 0 Å². The van der Waals surface area contributed by atoms with Crippen molar-refractivity contribution in [3.8, 4) is 11.5 Å². The van der Waals surface area contributed by atoms with Crippen LogP contribution in [-0.2, 0) is 0 Å². The Morgan fingerprint density at radius 3 is 2.73 bits per heavy atom. The molecule has 0 aliphatic carbocycles. The van der Waals surface area contributed by atoms with Gasteiger partial charge in [0.25, 0.3) is 0 Å². The van der Waals surface area contributed by atoms with Gasteiger partial charge in [0.2, 0.25) is 0 Å². The van der Waals surface area contributed by atoms with Crippen LogP contribution in [0.1, 0.15) is 10.4 Å². The average molecular weight is 231 g/mol. The summed E-state index contributed by atoms with van der Waals surface area (Å²) in [6, 6.07) is 4.41. The molecule has 82 valence electrons. The number of methoxy groups -OCH3 is 1. The predicted molar refractivity (Wildman–Crippen MR) is 56.2 cm³/mol. The van der Waals surface area contributed by atoms with E-state index in [9.17, 15) is 4.79 Å². The highest BCUT2D eigenvalue weighted by atomic mass is 35.5. The van der Waals surface area contributed by atoms with E-state index >= 15 is 0 Å². The number of halogens is 1. The maximum absolute atomic E-state index is 10.7. The second-order valence-corrected chi connectivity index (χ2v) is 3.09. The van der Waals surface area contributed by atoms with Crippen LogP contribution in [0, 0.1) is 0 Å². The summed E-state index contributed by atoms with van der Waals surface area (Å²) in [6.45, 7) is 0.307. The number of carbonyl (C=O) groups is 1. The molecule has 0 spiro atoms.